The molecule has 2 rings (SSSR count). The summed E-state index contributed by atoms with van der Waals surface area (Å²) < 4.78 is 24.6. The SMILES string of the molecule is COc1cccc2c1OCCC2(C)F. The van der Waals surface area contributed by atoms with E-state index in [4.69, 9.17) is 9.47 Å². The van der Waals surface area contributed by atoms with Crippen molar-refractivity contribution in [3.63, 3.8) is 0 Å². The molecule has 2 nitrogen and oxygen atoms in total. The number of para-hydroxylation sites is 1. The quantitative estimate of drug-likeness (QED) is 0.687. The Morgan fingerprint density at radius 3 is 3.00 bits per heavy atom. The van der Waals surface area contributed by atoms with Crippen LogP contribution in [0, 0.1) is 0 Å². The molecule has 0 amide bonds. The first-order chi connectivity index (χ1) is 6.65. The van der Waals surface area contributed by atoms with E-state index in [2.05, 4.69) is 0 Å². The van der Waals surface area contributed by atoms with E-state index < -0.39 is 5.67 Å². The minimum Gasteiger partial charge on any atom is -0.493 e. The molecule has 1 aliphatic heterocycles. The van der Waals surface area contributed by atoms with Crippen molar-refractivity contribution < 1.29 is 13.9 Å². The van der Waals surface area contributed by atoms with Crippen molar-refractivity contribution in [1.29, 1.82) is 0 Å². The highest BCUT2D eigenvalue weighted by atomic mass is 19.1. The van der Waals surface area contributed by atoms with Gasteiger partial charge in [-0.1, -0.05) is 12.1 Å². The minimum absolute atomic E-state index is 0.396. The van der Waals surface area contributed by atoms with Gasteiger partial charge in [0.1, 0.15) is 5.67 Å². The van der Waals surface area contributed by atoms with E-state index in [1.165, 1.54) is 0 Å². The number of fused-ring (bicyclic) bond motifs is 1. The summed E-state index contributed by atoms with van der Waals surface area (Å²) in [6, 6.07) is 5.31. The fourth-order valence-electron chi connectivity index (χ4n) is 1.72. The molecule has 0 saturated carbocycles. The molecule has 1 heterocycles. The molecule has 1 aromatic rings. The standard InChI is InChI=1S/C11H13FO2/c1-11(12)6-7-14-10-8(11)4-3-5-9(10)13-2/h3-5H,6-7H2,1-2H3. The highest BCUT2D eigenvalue weighted by molar-refractivity contribution is 5.50. The third-order valence-electron chi connectivity index (χ3n) is 2.58. The van der Waals surface area contributed by atoms with E-state index >= 15 is 0 Å². The maximum atomic E-state index is 14.0. The van der Waals surface area contributed by atoms with Crippen molar-refractivity contribution >= 4 is 0 Å². The molecule has 0 aliphatic carbocycles. The average Bonchev–Trinajstić information content (AvgIpc) is 2.17. The van der Waals surface area contributed by atoms with Crippen molar-refractivity contribution in [3.8, 4) is 11.5 Å². The van der Waals surface area contributed by atoms with Gasteiger partial charge in [0.25, 0.3) is 0 Å². The summed E-state index contributed by atoms with van der Waals surface area (Å²) in [5.74, 6) is 1.15. The van der Waals surface area contributed by atoms with Crippen LogP contribution in [-0.4, -0.2) is 13.7 Å². The number of ether oxygens (including phenoxy) is 2. The predicted molar refractivity (Wildman–Crippen MR) is 51.6 cm³/mol. The summed E-state index contributed by atoms with van der Waals surface area (Å²) in [6.07, 6.45) is 0.396. The van der Waals surface area contributed by atoms with E-state index in [-0.39, 0.29) is 0 Å². The molecule has 1 atom stereocenters. The first-order valence-corrected chi connectivity index (χ1v) is 4.64. The fourth-order valence-corrected chi connectivity index (χ4v) is 1.72. The number of halogens is 1. The number of hydrogen-bond acceptors (Lipinski definition) is 2. The lowest BCUT2D eigenvalue weighted by Crippen LogP contribution is -2.25. The molecule has 0 spiro atoms. The van der Waals surface area contributed by atoms with Gasteiger partial charge in [0.15, 0.2) is 11.5 Å². The minimum atomic E-state index is -1.30. The third-order valence-corrected chi connectivity index (χ3v) is 2.58. The van der Waals surface area contributed by atoms with Crippen molar-refractivity contribution in [2.75, 3.05) is 13.7 Å². The molecule has 0 bridgehead atoms. The highest BCUT2D eigenvalue weighted by Gasteiger charge is 2.34. The maximum Gasteiger partial charge on any atom is 0.167 e. The summed E-state index contributed by atoms with van der Waals surface area (Å²) in [4.78, 5) is 0. The topological polar surface area (TPSA) is 18.5 Å². The second-order valence-electron chi connectivity index (χ2n) is 3.63. The van der Waals surface area contributed by atoms with Gasteiger partial charge in [0.05, 0.1) is 13.7 Å². The summed E-state index contributed by atoms with van der Waals surface area (Å²) in [7, 11) is 1.56. The zero-order valence-electron chi connectivity index (χ0n) is 8.34. The molecular weight excluding hydrogens is 183 g/mol. The maximum absolute atomic E-state index is 14.0. The molecule has 3 heteroatoms. The number of hydrogen-bond donors (Lipinski definition) is 0. The molecule has 76 valence electrons. The van der Waals surface area contributed by atoms with Crippen LogP contribution in [-0.2, 0) is 5.67 Å². The normalized spacial score (nSPS) is 25.1. The van der Waals surface area contributed by atoms with Crippen molar-refractivity contribution in [2.24, 2.45) is 0 Å². The third kappa shape index (κ3) is 1.33. The summed E-state index contributed by atoms with van der Waals surface area (Å²) in [6.45, 7) is 1.98. The summed E-state index contributed by atoms with van der Waals surface area (Å²) in [5.41, 5.74) is -0.717. The van der Waals surface area contributed by atoms with E-state index in [1.807, 2.05) is 0 Å². The van der Waals surface area contributed by atoms with E-state index in [0.717, 1.165) is 0 Å². The highest BCUT2D eigenvalue weighted by Crippen LogP contribution is 2.44. The lowest BCUT2D eigenvalue weighted by molar-refractivity contribution is 0.107. The van der Waals surface area contributed by atoms with Gasteiger partial charge in [-0.05, 0) is 13.0 Å². The second-order valence-corrected chi connectivity index (χ2v) is 3.63. The first-order valence-electron chi connectivity index (χ1n) is 4.64. The fraction of sp³-hybridized carbons (Fsp3) is 0.455. The molecule has 1 aliphatic rings. The van der Waals surface area contributed by atoms with Crippen LogP contribution in [0.1, 0.15) is 18.9 Å². The van der Waals surface area contributed by atoms with E-state index in [1.54, 1.807) is 32.2 Å². The molecule has 0 fully saturated rings. The number of rotatable bonds is 1. The Morgan fingerprint density at radius 1 is 1.50 bits per heavy atom. The molecule has 0 radical (unpaired) electrons. The molecule has 14 heavy (non-hydrogen) atoms. The van der Waals surface area contributed by atoms with Crippen LogP contribution in [0.4, 0.5) is 4.39 Å². The Balaban J connectivity index is 2.55. The van der Waals surface area contributed by atoms with Gasteiger partial charge in [0, 0.05) is 12.0 Å². The molecule has 0 saturated heterocycles. The summed E-state index contributed by atoms with van der Waals surface area (Å²) >= 11 is 0. The van der Waals surface area contributed by atoms with Crippen LogP contribution >= 0.6 is 0 Å². The van der Waals surface area contributed by atoms with Gasteiger partial charge in [-0.3, -0.25) is 0 Å². The molecule has 0 N–H and O–H groups in total. The smallest absolute Gasteiger partial charge is 0.167 e. The van der Waals surface area contributed by atoms with Crippen LogP contribution in [0.15, 0.2) is 18.2 Å². The van der Waals surface area contributed by atoms with Gasteiger partial charge in [-0.2, -0.15) is 0 Å². The van der Waals surface area contributed by atoms with Gasteiger partial charge in [0.2, 0.25) is 0 Å². The Labute approximate surface area is 82.6 Å². The van der Waals surface area contributed by atoms with Crippen molar-refractivity contribution in [2.45, 2.75) is 19.0 Å². The van der Waals surface area contributed by atoms with Gasteiger partial charge in [-0.25, -0.2) is 4.39 Å². The van der Waals surface area contributed by atoms with Crippen LogP contribution < -0.4 is 9.47 Å². The van der Waals surface area contributed by atoms with Crippen LogP contribution in [0.3, 0.4) is 0 Å². The second kappa shape index (κ2) is 3.15. The van der Waals surface area contributed by atoms with Gasteiger partial charge >= 0.3 is 0 Å². The zero-order chi connectivity index (χ0) is 10.2. The predicted octanol–water partition coefficient (Wildman–Crippen LogP) is 2.66. The monoisotopic (exact) mass is 196 g/mol. The Bertz CT molecular complexity index is 347. The Kier molecular flexibility index (Phi) is 2.10. The largest absolute Gasteiger partial charge is 0.493 e. The number of methoxy groups -OCH3 is 1. The van der Waals surface area contributed by atoms with Crippen molar-refractivity contribution in [1.82, 2.24) is 0 Å². The molecular formula is C11H13FO2. The van der Waals surface area contributed by atoms with Gasteiger partial charge in [-0.15, -0.1) is 0 Å². The van der Waals surface area contributed by atoms with Crippen LogP contribution in [0.5, 0.6) is 11.5 Å². The lowest BCUT2D eigenvalue weighted by Gasteiger charge is -2.29. The average molecular weight is 196 g/mol. The molecule has 0 aromatic heterocycles. The zero-order valence-corrected chi connectivity index (χ0v) is 8.34. The number of alkyl halides is 1. The summed E-state index contributed by atoms with van der Waals surface area (Å²) in [5, 5.41) is 0. The van der Waals surface area contributed by atoms with E-state index in [0.29, 0.717) is 30.1 Å². The van der Waals surface area contributed by atoms with Crippen LogP contribution in [0.25, 0.3) is 0 Å². The number of benzene rings is 1. The van der Waals surface area contributed by atoms with E-state index in [9.17, 15) is 4.39 Å². The van der Waals surface area contributed by atoms with Crippen LogP contribution in [0.2, 0.25) is 0 Å². The van der Waals surface area contributed by atoms with Gasteiger partial charge < -0.3 is 9.47 Å². The lowest BCUT2D eigenvalue weighted by atomic mass is 9.92. The first kappa shape index (κ1) is 9.31. The Morgan fingerprint density at radius 2 is 2.29 bits per heavy atom. The van der Waals surface area contributed by atoms with Crippen molar-refractivity contribution in [3.05, 3.63) is 23.8 Å². The Hall–Kier alpha value is -1.25. The molecule has 1 unspecified atom stereocenters. The molecule has 1 aromatic carbocycles.